The zero-order valence-corrected chi connectivity index (χ0v) is 9.89. The zero-order valence-electron chi connectivity index (χ0n) is 9.89. The first kappa shape index (κ1) is 11.5. The highest BCUT2D eigenvalue weighted by atomic mass is 14.5. The van der Waals surface area contributed by atoms with Crippen molar-refractivity contribution in [2.75, 3.05) is 11.5 Å². The second kappa shape index (κ2) is 5.39. The Morgan fingerprint density at radius 1 is 0.706 bits per heavy atom. The fourth-order valence-electron chi connectivity index (χ4n) is 1.93. The standard InChI is InChI=1S/C15H18N2/c16-14-9-7-12(8-10-14)3-1-4-13-5-2-6-15(17)11-13/h2,5-11H,1,3-4,16-17H2. The number of nitrogens with two attached hydrogens (primary N) is 2. The summed E-state index contributed by atoms with van der Waals surface area (Å²) in [6.07, 6.45) is 3.28. The maximum absolute atomic E-state index is 5.74. The molecule has 0 aliphatic rings. The molecule has 0 saturated carbocycles. The molecule has 0 aliphatic carbocycles. The second-order valence-electron chi connectivity index (χ2n) is 4.34. The van der Waals surface area contributed by atoms with Crippen molar-refractivity contribution >= 4 is 11.4 Å². The minimum atomic E-state index is 0.824. The third kappa shape index (κ3) is 3.52. The molecule has 0 bridgehead atoms. The van der Waals surface area contributed by atoms with E-state index in [0.717, 1.165) is 30.6 Å². The van der Waals surface area contributed by atoms with Gasteiger partial charge in [-0.25, -0.2) is 0 Å². The van der Waals surface area contributed by atoms with Crippen LogP contribution in [0, 0.1) is 0 Å². The Labute approximate surface area is 102 Å². The molecular weight excluding hydrogens is 208 g/mol. The molecular formula is C15H18N2. The quantitative estimate of drug-likeness (QED) is 0.787. The fourth-order valence-corrected chi connectivity index (χ4v) is 1.93. The molecule has 0 fully saturated rings. The van der Waals surface area contributed by atoms with Gasteiger partial charge in [0.2, 0.25) is 0 Å². The summed E-state index contributed by atoms with van der Waals surface area (Å²) in [5, 5.41) is 0. The molecule has 2 nitrogen and oxygen atoms in total. The first-order valence-corrected chi connectivity index (χ1v) is 5.93. The SMILES string of the molecule is Nc1ccc(CCCc2cccc(N)c2)cc1. The summed E-state index contributed by atoms with van der Waals surface area (Å²) in [7, 11) is 0. The largest absolute Gasteiger partial charge is 0.399 e. The average Bonchev–Trinajstić information content (AvgIpc) is 2.32. The molecule has 0 saturated heterocycles. The first-order chi connectivity index (χ1) is 8.24. The second-order valence-corrected chi connectivity index (χ2v) is 4.34. The van der Waals surface area contributed by atoms with Gasteiger partial charge < -0.3 is 11.5 Å². The van der Waals surface area contributed by atoms with Crippen LogP contribution in [0.2, 0.25) is 0 Å². The molecule has 0 aliphatic heterocycles. The van der Waals surface area contributed by atoms with Crippen LogP contribution in [-0.2, 0) is 12.8 Å². The number of nitrogen functional groups attached to an aromatic ring is 2. The Kier molecular flexibility index (Phi) is 3.66. The Morgan fingerprint density at radius 2 is 1.41 bits per heavy atom. The third-order valence-corrected chi connectivity index (χ3v) is 2.86. The first-order valence-electron chi connectivity index (χ1n) is 5.93. The van der Waals surface area contributed by atoms with Gasteiger partial charge in [0.25, 0.3) is 0 Å². The molecule has 0 amide bonds. The van der Waals surface area contributed by atoms with E-state index in [1.54, 1.807) is 0 Å². The van der Waals surface area contributed by atoms with Crippen molar-refractivity contribution in [1.82, 2.24) is 0 Å². The van der Waals surface area contributed by atoms with E-state index in [1.807, 2.05) is 30.3 Å². The molecule has 0 unspecified atom stereocenters. The Balaban J connectivity index is 1.85. The maximum atomic E-state index is 5.74. The molecule has 0 atom stereocenters. The predicted octanol–water partition coefficient (Wildman–Crippen LogP) is 3.03. The molecule has 2 aromatic carbocycles. The number of rotatable bonds is 4. The lowest BCUT2D eigenvalue weighted by Gasteiger charge is -2.03. The lowest BCUT2D eigenvalue weighted by Crippen LogP contribution is -1.92. The third-order valence-electron chi connectivity index (χ3n) is 2.86. The molecule has 4 N–H and O–H groups in total. The smallest absolute Gasteiger partial charge is 0.0316 e. The summed E-state index contributed by atoms with van der Waals surface area (Å²) in [4.78, 5) is 0. The van der Waals surface area contributed by atoms with Gasteiger partial charge in [0.1, 0.15) is 0 Å². The fraction of sp³-hybridized carbons (Fsp3) is 0.200. The molecule has 17 heavy (non-hydrogen) atoms. The van der Waals surface area contributed by atoms with E-state index in [9.17, 15) is 0 Å². The summed E-state index contributed by atoms with van der Waals surface area (Å²) in [6.45, 7) is 0. The molecule has 2 aromatic rings. The van der Waals surface area contributed by atoms with Crippen molar-refractivity contribution < 1.29 is 0 Å². The van der Waals surface area contributed by atoms with Crippen LogP contribution in [0.25, 0.3) is 0 Å². The lowest BCUT2D eigenvalue weighted by molar-refractivity contribution is 0.821. The monoisotopic (exact) mass is 226 g/mol. The van der Waals surface area contributed by atoms with E-state index < -0.39 is 0 Å². The van der Waals surface area contributed by atoms with Crippen molar-refractivity contribution in [2.24, 2.45) is 0 Å². The van der Waals surface area contributed by atoms with Crippen LogP contribution in [0.1, 0.15) is 17.5 Å². The molecule has 2 heteroatoms. The van der Waals surface area contributed by atoms with E-state index >= 15 is 0 Å². The molecule has 0 spiro atoms. The summed E-state index contributed by atoms with van der Waals surface area (Å²) in [5.41, 5.74) is 15.7. The number of aryl methyl sites for hydroxylation is 2. The molecule has 88 valence electrons. The molecule has 0 heterocycles. The van der Waals surface area contributed by atoms with Crippen molar-refractivity contribution in [1.29, 1.82) is 0 Å². The predicted molar refractivity (Wildman–Crippen MR) is 73.7 cm³/mol. The number of hydrogen-bond acceptors (Lipinski definition) is 2. The van der Waals surface area contributed by atoms with Gasteiger partial charge in [0.05, 0.1) is 0 Å². The highest BCUT2D eigenvalue weighted by molar-refractivity contribution is 5.41. The maximum Gasteiger partial charge on any atom is 0.0316 e. The highest BCUT2D eigenvalue weighted by Crippen LogP contribution is 2.12. The normalized spacial score (nSPS) is 10.4. The minimum absolute atomic E-state index is 0.824. The van der Waals surface area contributed by atoms with E-state index in [2.05, 4.69) is 18.2 Å². The lowest BCUT2D eigenvalue weighted by atomic mass is 10.0. The zero-order chi connectivity index (χ0) is 12.1. The van der Waals surface area contributed by atoms with Gasteiger partial charge in [-0.3, -0.25) is 0 Å². The Hall–Kier alpha value is -1.96. The Morgan fingerprint density at radius 3 is 2.12 bits per heavy atom. The van der Waals surface area contributed by atoms with Gasteiger partial charge in [-0.05, 0) is 54.7 Å². The van der Waals surface area contributed by atoms with Crippen molar-refractivity contribution in [3.8, 4) is 0 Å². The van der Waals surface area contributed by atoms with Gasteiger partial charge in [0, 0.05) is 11.4 Å². The molecule has 2 rings (SSSR count). The summed E-state index contributed by atoms with van der Waals surface area (Å²) >= 11 is 0. The minimum Gasteiger partial charge on any atom is -0.399 e. The van der Waals surface area contributed by atoms with Crippen LogP contribution < -0.4 is 11.5 Å². The van der Waals surface area contributed by atoms with Crippen LogP contribution in [-0.4, -0.2) is 0 Å². The number of hydrogen-bond donors (Lipinski definition) is 2. The van der Waals surface area contributed by atoms with Gasteiger partial charge in [-0.15, -0.1) is 0 Å². The van der Waals surface area contributed by atoms with Crippen molar-refractivity contribution in [2.45, 2.75) is 19.3 Å². The average molecular weight is 226 g/mol. The van der Waals surface area contributed by atoms with Gasteiger partial charge in [0.15, 0.2) is 0 Å². The van der Waals surface area contributed by atoms with Gasteiger partial charge >= 0.3 is 0 Å². The van der Waals surface area contributed by atoms with Crippen LogP contribution in [0.3, 0.4) is 0 Å². The van der Waals surface area contributed by atoms with E-state index in [-0.39, 0.29) is 0 Å². The van der Waals surface area contributed by atoms with Crippen LogP contribution in [0.4, 0.5) is 11.4 Å². The summed E-state index contributed by atoms with van der Waals surface area (Å²) < 4.78 is 0. The number of benzene rings is 2. The summed E-state index contributed by atoms with van der Waals surface area (Å²) in [5.74, 6) is 0. The molecule has 0 aromatic heterocycles. The van der Waals surface area contributed by atoms with Gasteiger partial charge in [-0.1, -0.05) is 24.3 Å². The van der Waals surface area contributed by atoms with E-state index in [1.165, 1.54) is 11.1 Å². The van der Waals surface area contributed by atoms with Crippen molar-refractivity contribution in [3.63, 3.8) is 0 Å². The Bertz CT molecular complexity index is 475. The van der Waals surface area contributed by atoms with E-state index in [0.29, 0.717) is 0 Å². The molecule has 0 radical (unpaired) electrons. The van der Waals surface area contributed by atoms with Crippen LogP contribution in [0.5, 0.6) is 0 Å². The van der Waals surface area contributed by atoms with Crippen molar-refractivity contribution in [3.05, 3.63) is 59.7 Å². The highest BCUT2D eigenvalue weighted by Gasteiger charge is 1.96. The number of anilines is 2. The summed E-state index contributed by atoms with van der Waals surface area (Å²) in [6, 6.07) is 16.2. The van der Waals surface area contributed by atoms with Crippen LogP contribution >= 0.6 is 0 Å². The van der Waals surface area contributed by atoms with E-state index in [4.69, 9.17) is 11.5 Å². The van der Waals surface area contributed by atoms with Gasteiger partial charge in [-0.2, -0.15) is 0 Å². The topological polar surface area (TPSA) is 52.0 Å². The van der Waals surface area contributed by atoms with Crippen LogP contribution in [0.15, 0.2) is 48.5 Å².